The molecule has 1 fully saturated rings. The molecule has 1 aromatic carbocycles. The SMILES string of the molecule is C[Si](C)(C)CCOCn1ncc(N[C@H]2CCC[C@@H](Cn3cc(Br)c4cc(-c5ncc(C(F)(F)F)cn5)c(F)cc4c3=O)C2)c(C(F)(F)F)c1=O. The van der Waals surface area contributed by atoms with Crippen LogP contribution in [0.4, 0.5) is 36.4 Å². The topological polar surface area (TPSA) is 104 Å². The lowest BCUT2D eigenvalue weighted by molar-refractivity contribution is -0.139. The number of hydrogen-bond donors (Lipinski definition) is 1. The first-order valence-electron chi connectivity index (χ1n) is 15.8. The van der Waals surface area contributed by atoms with Crippen molar-refractivity contribution in [3.05, 3.63) is 79.0 Å². The molecular weight excluding hydrogens is 757 g/mol. The van der Waals surface area contributed by atoms with E-state index in [9.17, 15) is 35.9 Å². The zero-order valence-electron chi connectivity index (χ0n) is 27.3. The summed E-state index contributed by atoms with van der Waals surface area (Å²) < 4.78 is 104. The Labute approximate surface area is 291 Å². The number of aromatic nitrogens is 5. The Kier molecular flexibility index (Phi) is 10.9. The van der Waals surface area contributed by atoms with E-state index in [1.54, 1.807) is 0 Å². The summed E-state index contributed by atoms with van der Waals surface area (Å²) >= 11 is 3.40. The van der Waals surface area contributed by atoms with Crippen LogP contribution in [0.3, 0.4) is 0 Å². The summed E-state index contributed by atoms with van der Waals surface area (Å²) in [4.78, 5) is 33.7. The van der Waals surface area contributed by atoms with Crippen LogP contribution in [0.15, 0.2) is 51.0 Å². The molecule has 0 unspecified atom stereocenters. The summed E-state index contributed by atoms with van der Waals surface area (Å²) in [5.74, 6) is -1.35. The van der Waals surface area contributed by atoms with Crippen LogP contribution in [0.5, 0.6) is 0 Å². The molecule has 2 atom stereocenters. The summed E-state index contributed by atoms with van der Waals surface area (Å²) in [6.07, 6.45) is -3.83. The first-order chi connectivity index (χ1) is 23.3. The molecule has 5 rings (SSSR count). The van der Waals surface area contributed by atoms with Crippen LogP contribution < -0.4 is 16.4 Å². The fourth-order valence-electron chi connectivity index (χ4n) is 5.87. The third-order valence-electron chi connectivity index (χ3n) is 8.48. The molecule has 0 aliphatic heterocycles. The number of ether oxygens (including phenoxy) is 1. The van der Waals surface area contributed by atoms with E-state index < -0.39 is 66.9 Å². The van der Waals surface area contributed by atoms with Crippen molar-refractivity contribution in [2.75, 3.05) is 11.9 Å². The number of pyridine rings is 1. The maximum absolute atomic E-state index is 15.2. The lowest BCUT2D eigenvalue weighted by Gasteiger charge is -2.31. The third-order valence-corrected chi connectivity index (χ3v) is 10.8. The minimum Gasteiger partial charge on any atom is -0.380 e. The predicted molar refractivity (Wildman–Crippen MR) is 179 cm³/mol. The number of hydrogen-bond acceptors (Lipinski definition) is 7. The van der Waals surface area contributed by atoms with Crippen molar-refractivity contribution in [3.63, 3.8) is 0 Å². The molecule has 4 aromatic rings. The average molecular weight is 792 g/mol. The van der Waals surface area contributed by atoms with Gasteiger partial charge in [-0.05, 0) is 59.3 Å². The first-order valence-corrected chi connectivity index (χ1v) is 20.3. The fraction of sp³-hybridized carbons (Fsp3) is 0.469. The van der Waals surface area contributed by atoms with E-state index in [-0.39, 0.29) is 34.6 Å². The van der Waals surface area contributed by atoms with Crippen molar-refractivity contribution < 1.29 is 35.5 Å². The van der Waals surface area contributed by atoms with Gasteiger partial charge in [0.05, 0.1) is 28.4 Å². The van der Waals surface area contributed by atoms with Gasteiger partial charge in [-0.3, -0.25) is 9.59 Å². The second-order valence-corrected chi connectivity index (χ2v) is 20.0. The zero-order valence-corrected chi connectivity index (χ0v) is 29.8. The van der Waals surface area contributed by atoms with Crippen LogP contribution in [-0.2, 0) is 30.4 Å². The second kappa shape index (κ2) is 14.5. The molecule has 1 aliphatic carbocycles. The highest BCUT2D eigenvalue weighted by atomic mass is 79.9. The molecule has 0 saturated heterocycles. The van der Waals surface area contributed by atoms with Crippen LogP contribution in [-0.4, -0.2) is 45.0 Å². The Morgan fingerprint density at radius 2 is 1.68 bits per heavy atom. The molecule has 0 amide bonds. The molecule has 0 spiro atoms. The van der Waals surface area contributed by atoms with Crippen LogP contribution in [0, 0.1) is 11.7 Å². The summed E-state index contributed by atoms with van der Waals surface area (Å²) in [6, 6.07) is 2.58. The van der Waals surface area contributed by atoms with E-state index >= 15 is 4.39 Å². The van der Waals surface area contributed by atoms with Crippen LogP contribution in [0.2, 0.25) is 25.7 Å². The van der Waals surface area contributed by atoms with Gasteiger partial charge in [-0.2, -0.15) is 31.4 Å². The van der Waals surface area contributed by atoms with Crippen molar-refractivity contribution in [1.82, 2.24) is 24.3 Å². The monoisotopic (exact) mass is 790 g/mol. The molecule has 1 N–H and O–H groups in total. The molecule has 50 heavy (non-hydrogen) atoms. The molecule has 18 heteroatoms. The lowest BCUT2D eigenvalue weighted by atomic mass is 9.85. The first kappa shape index (κ1) is 37.6. The van der Waals surface area contributed by atoms with Gasteiger partial charge in [0.2, 0.25) is 0 Å². The number of nitrogens with zero attached hydrogens (tertiary/aromatic N) is 5. The van der Waals surface area contributed by atoms with Gasteiger partial charge in [0.1, 0.15) is 18.1 Å². The van der Waals surface area contributed by atoms with Gasteiger partial charge in [0.25, 0.3) is 11.1 Å². The van der Waals surface area contributed by atoms with E-state index in [1.807, 2.05) is 0 Å². The highest BCUT2D eigenvalue weighted by Crippen LogP contribution is 2.35. The number of halogens is 8. The Morgan fingerprint density at radius 3 is 2.32 bits per heavy atom. The van der Waals surface area contributed by atoms with Crippen molar-refractivity contribution in [3.8, 4) is 11.4 Å². The van der Waals surface area contributed by atoms with Gasteiger partial charge >= 0.3 is 12.4 Å². The highest BCUT2D eigenvalue weighted by molar-refractivity contribution is 9.10. The van der Waals surface area contributed by atoms with Gasteiger partial charge in [-0.1, -0.05) is 26.1 Å². The number of anilines is 1. The third kappa shape index (κ3) is 8.80. The minimum absolute atomic E-state index is 0.00365. The minimum atomic E-state index is -4.95. The van der Waals surface area contributed by atoms with Crippen molar-refractivity contribution in [2.45, 2.75) is 83.0 Å². The molecule has 3 aromatic heterocycles. The van der Waals surface area contributed by atoms with Crippen LogP contribution >= 0.6 is 15.9 Å². The standard InChI is InChI=1S/C32H34BrF7N6O3Si/c1-50(2,3)8-7-49-17-46-30(48)27(32(38,39)40)26(14-43-46)44-20-6-4-5-18(9-20)15-45-16-24(33)21-10-23(25(34)11-22(21)29(45)47)28-41-12-19(13-42-28)31(35,36)37/h10-14,16,18,20,44H,4-9,15,17H2,1-3H3/t18-,20+/m1/s1. The van der Waals surface area contributed by atoms with Gasteiger partial charge in [0.15, 0.2) is 5.82 Å². The van der Waals surface area contributed by atoms with E-state index in [1.165, 1.54) is 16.8 Å². The van der Waals surface area contributed by atoms with Crippen molar-refractivity contribution >= 4 is 40.5 Å². The van der Waals surface area contributed by atoms with Gasteiger partial charge in [-0.15, -0.1) is 0 Å². The van der Waals surface area contributed by atoms with E-state index in [0.29, 0.717) is 53.8 Å². The maximum atomic E-state index is 15.2. The van der Waals surface area contributed by atoms with Crippen molar-refractivity contribution in [1.29, 1.82) is 0 Å². The summed E-state index contributed by atoms with van der Waals surface area (Å²) in [5.41, 5.74) is -4.92. The number of alkyl halides is 6. The van der Waals surface area contributed by atoms with Crippen molar-refractivity contribution in [2.24, 2.45) is 5.92 Å². The number of nitrogens with one attached hydrogen (secondary N) is 1. The average Bonchev–Trinajstić information content (AvgIpc) is 3.01. The second-order valence-electron chi connectivity index (χ2n) is 13.6. The summed E-state index contributed by atoms with van der Waals surface area (Å²) in [7, 11) is -1.45. The molecule has 9 nitrogen and oxygen atoms in total. The number of benzene rings is 1. The Balaban J connectivity index is 1.33. The van der Waals surface area contributed by atoms with E-state index in [4.69, 9.17) is 4.74 Å². The maximum Gasteiger partial charge on any atom is 0.423 e. The Morgan fingerprint density at radius 1 is 0.980 bits per heavy atom. The van der Waals surface area contributed by atoms with Gasteiger partial charge in [0, 0.05) is 55.7 Å². The number of rotatable bonds is 10. The molecule has 1 saturated carbocycles. The molecule has 1 aliphatic rings. The number of fused-ring (bicyclic) bond motifs is 1. The zero-order chi connectivity index (χ0) is 36.6. The molecule has 3 heterocycles. The molecule has 0 bridgehead atoms. The van der Waals surface area contributed by atoms with Gasteiger partial charge < -0.3 is 14.6 Å². The molecular formula is C32H34BrF7N6O3Si. The normalized spacial score (nSPS) is 17.3. The Hall–Kier alpha value is -3.64. The smallest absolute Gasteiger partial charge is 0.380 e. The summed E-state index contributed by atoms with van der Waals surface area (Å²) in [6.45, 7) is 6.46. The van der Waals surface area contributed by atoms with Crippen LogP contribution in [0.1, 0.15) is 36.8 Å². The fourth-order valence-corrected chi connectivity index (χ4v) is 7.20. The largest absolute Gasteiger partial charge is 0.423 e. The van der Waals surface area contributed by atoms with E-state index in [0.717, 1.165) is 18.3 Å². The highest BCUT2D eigenvalue weighted by Gasteiger charge is 2.39. The van der Waals surface area contributed by atoms with E-state index in [2.05, 4.69) is 56.0 Å². The van der Waals surface area contributed by atoms with Crippen LogP contribution in [0.25, 0.3) is 22.2 Å². The Bertz CT molecular complexity index is 1980. The molecule has 0 radical (unpaired) electrons. The quantitative estimate of drug-likeness (QED) is 0.0989. The molecule has 270 valence electrons. The predicted octanol–water partition coefficient (Wildman–Crippen LogP) is 7.94. The summed E-state index contributed by atoms with van der Waals surface area (Å²) in [5, 5.41) is 7.09. The van der Waals surface area contributed by atoms with Gasteiger partial charge in [-0.25, -0.2) is 19.0 Å². The lowest BCUT2D eigenvalue weighted by Crippen LogP contribution is -2.36.